The van der Waals surface area contributed by atoms with Gasteiger partial charge >= 0.3 is 0 Å². The van der Waals surface area contributed by atoms with Crippen LogP contribution in [0.5, 0.6) is 0 Å². The third-order valence-corrected chi connectivity index (χ3v) is 38.2. The Labute approximate surface area is 311 Å². The van der Waals surface area contributed by atoms with Crippen LogP contribution in [0, 0.1) is 0 Å². The Morgan fingerprint density at radius 1 is 0.633 bits per heavy atom. The summed E-state index contributed by atoms with van der Waals surface area (Å²) < 4.78 is 0. The van der Waals surface area contributed by atoms with Crippen LogP contribution < -0.4 is 16.0 Å². The fourth-order valence-corrected chi connectivity index (χ4v) is 16.3. The predicted octanol–water partition coefficient (Wildman–Crippen LogP) is 6.71. The highest BCUT2D eigenvalue weighted by molar-refractivity contribution is 8.64. The molecule has 0 saturated carbocycles. The van der Waals surface area contributed by atoms with Crippen molar-refractivity contribution in [2.24, 2.45) is 0 Å². The fraction of sp³-hybridized carbons (Fsp3) is 0.276. The Kier molecular flexibility index (Phi) is 17.3. The largest absolute Gasteiger partial charge is 0.341 e. The van der Waals surface area contributed by atoms with Gasteiger partial charge in [0.1, 0.15) is 0 Å². The van der Waals surface area contributed by atoms with E-state index in [1.54, 1.807) is 11.9 Å². The van der Waals surface area contributed by atoms with Crippen molar-refractivity contribution in [3.63, 3.8) is 0 Å². The molecule has 1 aromatic heterocycles. The van der Waals surface area contributed by atoms with Gasteiger partial charge in [0, 0.05) is 40.4 Å². The number of carbonyl (C=O) groups excluding carboxylic acids is 4. The number of benzene rings is 2. The molecule has 0 spiro atoms. The summed E-state index contributed by atoms with van der Waals surface area (Å²) in [6, 6.07) is 14.1. The minimum absolute atomic E-state index is 0.124. The van der Waals surface area contributed by atoms with Gasteiger partial charge in [-0.2, -0.15) is 0 Å². The second-order valence-electron chi connectivity index (χ2n) is 11.2. The molecule has 4 heterocycles. The van der Waals surface area contributed by atoms with Crippen LogP contribution in [0.2, 0.25) is 0 Å². The normalized spacial score (nSPS) is 17.9. The van der Waals surface area contributed by atoms with Gasteiger partial charge in [0.05, 0.1) is 28.5 Å². The molecule has 3 aliphatic rings. The molecule has 6 rings (SSSR count). The molecule has 3 aliphatic heterocycles. The van der Waals surface area contributed by atoms with Crippen molar-refractivity contribution < 1.29 is 19.2 Å². The van der Waals surface area contributed by atoms with Crippen molar-refractivity contribution in [1.29, 1.82) is 0 Å². The molecular formula is C29H42N4O4P12. The Morgan fingerprint density at radius 2 is 1.10 bits per heavy atom. The number of pyridine rings is 1. The molecule has 12 atom stereocenters. The maximum Gasteiger partial charge on any atom is 0.261 e. The number of carbonyl (C=O) groups is 4. The summed E-state index contributed by atoms with van der Waals surface area (Å²) in [6.45, 7) is 1.65. The molecule has 262 valence electrons. The number of nitrogens with zero attached hydrogens (tertiary/aromatic N) is 4. The van der Waals surface area contributed by atoms with Gasteiger partial charge in [-0.25, -0.2) is 0 Å². The molecule has 2 aromatic carbocycles. The Morgan fingerprint density at radius 3 is 1.63 bits per heavy atom. The first-order valence-corrected chi connectivity index (χ1v) is 34.8. The van der Waals surface area contributed by atoms with Crippen molar-refractivity contribution in [2.75, 3.05) is 34.2 Å². The van der Waals surface area contributed by atoms with Crippen LogP contribution >= 0.6 is 99.3 Å². The molecule has 20 heteroatoms. The van der Waals surface area contributed by atoms with Crippen LogP contribution in [0.3, 0.4) is 0 Å². The van der Waals surface area contributed by atoms with Crippen LogP contribution in [0.15, 0.2) is 48.7 Å². The molecule has 0 N–H and O–H groups in total. The Balaban J connectivity index is 0.000000166. The number of imide groups is 1. The molecule has 49 heavy (non-hydrogen) atoms. The van der Waals surface area contributed by atoms with E-state index in [1.165, 1.54) is 15.8 Å². The van der Waals surface area contributed by atoms with Crippen molar-refractivity contribution in [3.8, 4) is 0 Å². The highest BCUT2D eigenvalue weighted by Crippen LogP contribution is 2.66. The zero-order chi connectivity index (χ0) is 36.0. The van der Waals surface area contributed by atoms with Gasteiger partial charge in [0.25, 0.3) is 17.7 Å². The molecule has 0 bridgehead atoms. The molecule has 8 nitrogen and oxygen atoms in total. The molecule has 0 aliphatic carbocycles. The number of amides is 4. The van der Waals surface area contributed by atoms with Crippen LogP contribution in [0.25, 0.3) is 0 Å². The topological polar surface area (TPSA) is 90.9 Å². The molecule has 12 unspecified atom stereocenters. The van der Waals surface area contributed by atoms with E-state index in [1.807, 2.05) is 49.5 Å². The van der Waals surface area contributed by atoms with E-state index in [9.17, 15) is 19.2 Å². The van der Waals surface area contributed by atoms with Crippen LogP contribution in [-0.4, -0.2) is 77.5 Å². The molecular weight excluding hydrogens is 840 g/mol. The third-order valence-electron chi connectivity index (χ3n) is 8.23. The van der Waals surface area contributed by atoms with Gasteiger partial charge in [-0.1, -0.05) is 60.3 Å². The van der Waals surface area contributed by atoms with Gasteiger partial charge in [-0.15, -0.1) is 53.6 Å². The monoisotopic (exact) mass is 882 g/mol. The minimum Gasteiger partial charge on any atom is -0.341 e. The van der Waals surface area contributed by atoms with Crippen LogP contribution in [0.1, 0.15) is 47.8 Å². The van der Waals surface area contributed by atoms with E-state index in [4.69, 9.17) is 0 Å². The van der Waals surface area contributed by atoms with Crippen molar-refractivity contribution in [1.82, 2.24) is 19.7 Å². The number of aromatic nitrogens is 1. The van der Waals surface area contributed by atoms with E-state index < -0.39 is 7.30 Å². The summed E-state index contributed by atoms with van der Waals surface area (Å²) in [5, 5.41) is 2.32. The summed E-state index contributed by atoms with van der Waals surface area (Å²) in [4.78, 5) is 57.4. The number of fused-ring (bicyclic) bond motifs is 3. The SMILES string of the molecule is CN1C(=O)Cc2cccc(P(P)PP)c2C1=O.CN1CCc2cccc(P(P)PP)c2C1=O.CN1CCc2ccnc(P(P)PP)c2C1=O. The third kappa shape index (κ3) is 10.1. The summed E-state index contributed by atoms with van der Waals surface area (Å²) in [5.41, 5.74) is 6.80. The fourth-order valence-electron chi connectivity index (χ4n) is 5.46. The second kappa shape index (κ2) is 19.9. The van der Waals surface area contributed by atoms with Crippen LogP contribution in [0.4, 0.5) is 0 Å². The standard InChI is InChI=1S/C10H13NO2P4.C10H15NOP4.C9H14N2OP4/c1-11-8(12)5-6-3-2-4-7(17(15)16-14)9(6)10(11)13;1-11-6-5-7-3-2-4-8(16(14)15-13)9(7)10(11)12;1-11-5-3-6-2-4-10-8(16(14)15-13)7(6)9(11)12/h2-4,16H,5,14-15H2,1H3;2-4,15H,5-6,13-14H2,1H3;2,4,15H,3,5,13-14H2,1H3. The molecule has 4 amide bonds. The summed E-state index contributed by atoms with van der Waals surface area (Å²) >= 11 is 0. The number of hydrogen-bond acceptors (Lipinski definition) is 5. The van der Waals surface area contributed by atoms with E-state index in [2.05, 4.69) is 76.8 Å². The van der Waals surface area contributed by atoms with Gasteiger partial charge in [0.2, 0.25) is 5.91 Å². The highest BCUT2D eigenvalue weighted by Gasteiger charge is 2.31. The van der Waals surface area contributed by atoms with E-state index in [0.717, 1.165) is 80.4 Å². The number of rotatable bonds is 6. The maximum atomic E-state index is 12.2. The van der Waals surface area contributed by atoms with E-state index in [0.29, 0.717) is 14.4 Å². The zero-order valence-corrected chi connectivity index (χ0v) is 40.0. The van der Waals surface area contributed by atoms with E-state index >= 15 is 0 Å². The number of hydrogen-bond donors (Lipinski definition) is 0. The lowest BCUT2D eigenvalue weighted by Gasteiger charge is -2.27. The molecule has 0 radical (unpaired) electrons. The molecule has 0 saturated heterocycles. The first kappa shape index (κ1) is 42.6. The average Bonchev–Trinajstić information content (AvgIpc) is 3.12. The lowest BCUT2D eigenvalue weighted by Crippen LogP contribution is -2.41. The Bertz CT molecular complexity index is 1650. The van der Waals surface area contributed by atoms with E-state index in [-0.39, 0.29) is 38.2 Å². The van der Waals surface area contributed by atoms with Crippen molar-refractivity contribution in [3.05, 3.63) is 82.0 Å². The highest BCUT2D eigenvalue weighted by atomic mass is 32.6. The van der Waals surface area contributed by atoms with Crippen LogP contribution in [-0.2, 0) is 24.1 Å². The smallest absolute Gasteiger partial charge is 0.261 e. The lowest BCUT2D eigenvalue weighted by molar-refractivity contribution is -0.127. The molecule has 3 aromatic rings. The van der Waals surface area contributed by atoms with Gasteiger partial charge < -0.3 is 9.80 Å². The van der Waals surface area contributed by atoms with Gasteiger partial charge in [0.15, 0.2) is 0 Å². The van der Waals surface area contributed by atoms with Crippen molar-refractivity contribution in [2.45, 2.75) is 19.3 Å². The summed E-state index contributed by atoms with van der Waals surface area (Å²) in [7, 11) is 23.3. The first-order chi connectivity index (χ1) is 23.4. The predicted molar refractivity (Wildman–Crippen MR) is 242 cm³/mol. The first-order valence-electron chi connectivity index (χ1n) is 14.9. The average molecular weight is 882 g/mol. The van der Waals surface area contributed by atoms with Crippen molar-refractivity contribution >= 4 is 139 Å². The Hall–Kier alpha value is 0.830. The summed E-state index contributed by atoms with van der Waals surface area (Å²) in [6.07, 6.45) is 4.09. The maximum absolute atomic E-state index is 12.2. The second-order valence-corrected chi connectivity index (χ2v) is 38.5. The summed E-state index contributed by atoms with van der Waals surface area (Å²) in [5.74, 6) is 0.0312. The lowest BCUT2D eigenvalue weighted by atomic mass is 9.99. The molecule has 0 fully saturated rings. The quantitative estimate of drug-likeness (QED) is 0.203. The minimum atomic E-state index is -0.399. The number of likely N-dealkylation sites (N-methyl/N-ethyl adjacent to an activating group) is 3. The van der Waals surface area contributed by atoms with Gasteiger partial charge in [-0.3, -0.25) is 29.1 Å². The zero-order valence-electron chi connectivity index (χ0n) is 27.4. The van der Waals surface area contributed by atoms with Gasteiger partial charge in [-0.05, 0) is 68.1 Å².